The SMILES string of the molecule is O=C(C1CCCC1)N1CCC[C@@H](c2nccnc2Oc2cccnc2)C1. The lowest BCUT2D eigenvalue weighted by molar-refractivity contribution is -0.136. The molecule has 1 atom stereocenters. The Morgan fingerprint density at radius 1 is 1.08 bits per heavy atom. The van der Waals surface area contributed by atoms with Crippen LogP contribution in [-0.4, -0.2) is 38.8 Å². The number of piperidine rings is 1. The molecule has 0 bridgehead atoms. The maximum absolute atomic E-state index is 12.8. The minimum absolute atomic E-state index is 0.162. The molecule has 2 aromatic heterocycles. The molecule has 0 N–H and O–H groups in total. The molecule has 1 amide bonds. The third-order valence-electron chi connectivity index (χ3n) is 5.36. The summed E-state index contributed by atoms with van der Waals surface area (Å²) in [7, 11) is 0. The number of likely N-dealkylation sites (tertiary alicyclic amines) is 1. The first kappa shape index (κ1) is 16.9. The van der Waals surface area contributed by atoms with E-state index in [1.807, 2.05) is 17.0 Å². The molecular formula is C20H24N4O2. The van der Waals surface area contributed by atoms with E-state index in [-0.39, 0.29) is 11.8 Å². The largest absolute Gasteiger partial charge is 0.436 e. The van der Waals surface area contributed by atoms with Crippen molar-refractivity contribution in [2.75, 3.05) is 13.1 Å². The van der Waals surface area contributed by atoms with Crippen molar-refractivity contribution in [2.24, 2.45) is 5.92 Å². The number of ether oxygens (including phenoxy) is 1. The van der Waals surface area contributed by atoms with E-state index in [0.717, 1.165) is 37.9 Å². The Kier molecular flexibility index (Phi) is 5.09. The number of aromatic nitrogens is 3. The van der Waals surface area contributed by atoms with Gasteiger partial charge in [0.15, 0.2) is 0 Å². The summed E-state index contributed by atoms with van der Waals surface area (Å²) >= 11 is 0. The van der Waals surface area contributed by atoms with E-state index in [2.05, 4.69) is 15.0 Å². The van der Waals surface area contributed by atoms with Gasteiger partial charge in [0, 0.05) is 43.5 Å². The van der Waals surface area contributed by atoms with Crippen molar-refractivity contribution in [3.63, 3.8) is 0 Å². The number of amides is 1. The second-order valence-corrected chi connectivity index (χ2v) is 7.14. The van der Waals surface area contributed by atoms with E-state index in [9.17, 15) is 4.79 Å². The van der Waals surface area contributed by atoms with Crippen LogP contribution in [0.2, 0.25) is 0 Å². The number of pyridine rings is 1. The zero-order chi connectivity index (χ0) is 17.8. The molecule has 0 aromatic carbocycles. The molecule has 2 fully saturated rings. The third-order valence-corrected chi connectivity index (χ3v) is 5.36. The molecule has 1 aliphatic heterocycles. The molecule has 6 nitrogen and oxygen atoms in total. The Balaban J connectivity index is 1.50. The van der Waals surface area contributed by atoms with Gasteiger partial charge in [-0.15, -0.1) is 0 Å². The third kappa shape index (κ3) is 3.69. The van der Waals surface area contributed by atoms with Crippen molar-refractivity contribution < 1.29 is 9.53 Å². The topological polar surface area (TPSA) is 68.2 Å². The van der Waals surface area contributed by atoms with Gasteiger partial charge in [0.2, 0.25) is 11.8 Å². The number of carbonyl (C=O) groups excluding carboxylic acids is 1. The standard InChI is InChI=1S/C20H24N4O2/c25-20(15-5-1-2-6-15)24-12-4-7-16(14-24)18-19(23-11-10-22-18)26-17-8-3-9-21-13-17/h3,8-11,13,15-16H,1-2,4-7,12,14H2/t16-/m1/s1. The van der Waals surface area contributed by atoms with Crippen molar-refractivity contribution in [3.05, 3.63) is 42.6 Å². The Bertz CT molecular complexity index is 746. The number of nitrogens with zero attached hydrogens (tertiary/aromatic N) is 4. The summed E-state index contributed by atoms with van der Waals surface area (Å²) in [4.78, 5) is 27.8. The van der Waals surface area contributed by atoms with Gasteiger partial charge in [-0.3, -0.25) is 14.8 Å². The van der Waals surface area contributed by atoms with Gasteiger partial charge < -0.3 is 9.64 Å². The maximum atomic E-state index is 12.8. The predicted octanol–water partition coefficient (Wildman–Crippen LogP) is 3.56. The molecule has 2 aromatic rings. The highest BCUT2D eigenvalue weighted by atomic mass is 16.5. The van der Waals surface area contributed by atoms with E-state index in [1.165, 1.54) is 12.8 Å². The molecule has 4 rings (SSSR count). The number of hydrogen-bond donors (Lipinski definition) is 0. The van der Waals surface area contributed by atoms with Crippen LogP contribution in [0.15, 0.2) is 36.9 Å². The second kappa shape index (κ2) is 7.81. The summed E-state index contributed by atoms with van der Waals surface area (Å²) in [5.74, 6) is 1.87. The highest BCUT2D eigenvalue weighted by Gasteiger charge is 2.32. The molecule has 26 heavy (non-hydrogen) atoms. The summed E-state index contributed by atoms with van der Waals surface area (Å²) in [6.07, 6.45) is 13.1. The van der Waals surface area contributed by atoms with Gasteiger partial charge in [-0.25, -0.2) is 4.98 Å². The highest BCUT2D eigenvalue weighted by Crippen LogP contribution is 2.34. The van der Waals surface area contributed by atoms with Gasteiger partial charge in [0.25, 0.3) is 0 Å². The van der Waals surface area contributed by atoms with Crippen molar-refractivity contribution in [1.29, 1.82) is 0 Å². The fourth-order valence-electron chi connectivity index (χ4n) is 4.05. The van der Waals surface area contributed by atoms with Crippen LogP contribution in [0.1, 0.15) is 50.1 Å². The molecule has 1 saturated heterocycles. The van der Waals surface area contributed by atoms with E-state index < -0.39 is 0 Å². The van der Waals surface area contributed by atoms with E-state index in [4.69, 9.17) is 4.74 Å². The van der Waals surface area contributed by atoms with Crippen molar-refractivity contribution >= 4 is 5.91 Å². The molecule has 6 heteroatoms. The van der Waals surface area contributed by atoms with Crippen LogP contribution in [0.4, 0.5) is 0 Å². The monoisotopic (exact) mass is 352 g/mol. The van der Waals surface area contributed by atoms with Crippen LogP contribution < -0.4 is 4.74 Å². The minimum atomic E-state index is 0.162. The number of carbonyl (C=O) groups is 1. The zero-order valence-electron chi connectivity index (χ0n) is 14.9. The van der Waals surface area contributed by atoms with Gasteiger partial charge >= 0.3 is 0 Å². The van der Waals surface area contributed by atoms with Crippen molar-refractivity contribution in [3.8, 4) is 11.6 Å². The predicted molar refractivity (Wildman–Crippen MR) is 96.9 cm³/mol. The Morgan fingerprint density at radius 3 is 2.73 bits per heavy atom. The Morgan fingerprint density at radius 2 is 1.92 bits per heavy atom. The summed E-state index contributed by atoms with van der Waals surface area (Å²) < 4.78 is 5.92. The molecule has 1 aliphatic carbocycles. The van der Waals surface area contributed by atoms with Gasteiger partial charge in [-0.2, -0.15) is 0 Å². The lowest BCUT2D eigenvalue weighted by Crippen LogP contribution is -2.42. The first-order valence-electron chi connectivity index (χ1n) is 9.49. The number of rotatable bonds is 4. The lowest BCUT2D eigenvalue weighted by atomic mass is 9.93. The van der Waals surface area contributed by atoms with E-state index >= 15 is 0 Å². The summed E-state index contributed by atoms with van der Waals surface area (Å²) in [6.45, 7) is 1.56. The van der Waals surface area contributed by atoms with Gasteiger partial charge in [0.05, 0.1) is 6.20 Å². The van der Waals surface area contributed by atoms with E-state index in [1.54, 1.807) is 24.8 Å². The van der Waals surface area contributed by atoms with Crippen LogP contribution in [0.3, 0.4) is 0 Å². The lowest BCUT2D eigenvalue weighted by Gasteiger charge is -2.34. The van der Waals surface area contributed by atoms with Crippen molar-refractivity contribution in [2.45, 2.75) is 44.4 Å². The van der Waals surface area contributed by atoms with Gasteiger partial charge in [-0.1, -0.05) is 12.8 Å². The Labute approximate surface area is 153 Å². The summed E-state index contributed by atoms with van der Waals surface area (Å²) in [6, 6.07) is 3.68. The average molecular weight is 352 g/mol. The minimum Gasteiger partial charge on any atom is -0.436 e. The van der Waals surface area contributed by atoms with Gasteiger partial charge in [0.1, 0.15) is 11.4 Å². The quantitative estimate of drug-likeness (QED) is 0.841. The summed E-state index contributed by atoms with van der Waals surface area (Å²) in [5, 5.41) is 0. The van der Waals surface area contributed by atoms with Crippen LogP contribution in [-0.2, 0) is 4.79 Å². The summed E-state index contributed by atoms with van der Waals surface area (Å²) in [5.41, 5.74) is 0.834. The second-order valence-electron chi connectivity index (χ2n) is 7.14. The smallest absolute Gasteiger partial charge is 0.241 e. The molecule has 2 aliphatic rings. The van der Waals surface area contributed by atoms with Crippen LogP contribution in [0.25, 0.3) is 0 Å². The van der Waals surface area contributed by atoms with Crippen LogP contribution in [0, 0.1) is 5.92 Å². The van der Waals surface area contributed by atoms with Crippen molar-refractivity contribution in [1.82, 2.24) is 19.9 Å². The molecule has 0 radical (unpaired) electrons. The molecule has 1 saturated carbocycles. The fraction of sp³-hybridized carbons (Fsp3) is 0.500. The highest BCUT2D eigenvalue weighted by molar-refractivity contribution is 5.79. The molecular weight excluding hydrogens is 328 g/mol. The maximum Gasteiger partial charge on any atom is 0.241 e. The first-order valence-corrected chi connectivity index (χ1v) is 9.49. The average Bonchev–Trinajstić information content (AvgIpc) is 3.24. The number of hydrogen-bond acceptors (Lipinski definition) is 5. The fourth-order valence-corrected chi connectivity index (χ4v) is 4.05. The Hall–Kier alpha value is -2.50. The molecule has 0 spiro atoms. The zero-order valence-corrected chi connectivity index (χ0v) is 14.9. The van der Waals surface area contributed by atoms with Gasteiger partial charge in [-0.05, 0) is 37.8 Å². The molecule has 0 unspecified atom stereocenters. The van der Waals surface area contributed by atoms with Crippen LogP contribution >= 0.6 is 0 Å². The molecule has 136 valence electrons. The first-order chi connectivity index (χ1) is 12.8. The van der Waals surface area contributed by atoms with Crippen LogP contribution in [0.5, 0.6) is 11.6 Å². The van der Waals surface area contributed by atoms with E-state index in [0.29, 0.717) is 24.1 Å². The normalized spacial score (nSPS) is 20.9. The molecule has 3 heterocycles.